The molecule has 3 rings (SSSR count). The smallest absolute Gasteiger partial charge is 0.224 e. The molecule has 3 nitrogen and oxygen atoms in total. The van der Waals surface area contributed by atoms with E-state index in [1.807, 2.05) is 32.3 Å². The Morgan fingerprint density at radius 3 is 2.48 bits per heavy atom. The summed E-state index contributed by atoms with van der Waals surface area (Å²) in [5.41, 5.74) is 5.25. The molecule has 1 aliphatic rings. The van der Waals surface area contributed by atoms with Crippen LogP contribution in [0.25, 0.3) is 0 Å². The summed E-state index contributed by atoms with van der Waals surface area (Å²) in [6, 6.07) is 17.1. The SMILES string of the molecule is CN(C)C(CNC(=O)Cc1ccc2c(c1)CCCC2)c1ccccc1. The van der Waals surface area contributed by atoms with Crippen molar-refractivity contribution in [2.45, 2.75) is 38.1 Å². The van der Waals surface area contributed by atoms with E-state index < -0.39 is 0 Å². The molecule has 1 N–H and O–H groups in total. The highest BCUT2D eigenvalue weighted by Gasteiger charge is 2.16. The van der Waals surface area contributed by atoms with Gasteiger partial charge in [0.25, 0.3) is 0 Å². The molecule has 0 saturated carbocycles. The fourth-order valence-corrected chi connectivity index (χ4v) is 3.63. The van der Waals surface area contributed by atoms with Gasteiger partial charge in [-0.3, -0.25) is 4.79 Å². The van der Waals surface area contributed by atoms with Crippen molar-refractivity contribution in [3.05, 3.63) is 70.8 Å². The fourth-order valence-electron chi connectivity index (χ4n) is 3.63. The van der Waals surface area contributed by atoms with Crippen LogP contribution >= 0.6 is 0 Å². The average Bonchev–Trinajstić information content (AvgIpc) is 2.62. The molecule has 1 atom stereocenters. The van der Waals surface area contributed by atoms with E-state index in [-0.39, 0.29) is 11.9 Å². The molecule has 0 radical (unpaired) electrons. The molecule has 0 aromatic heterocycles. The van der Waals surface area contributed by atoms with Crippen molar-refractivity contribution in [1.82, 2.24) is 10.2 Å². The number of hydrogen-bond donors (Lipinski definition) is 1. The van der Waals surface area contributed by atoms with Gasteiger partial charge in [0, 0.05) is 6.54 Å². The predicted octanol–water partition coefficient (Wildman–Crippen LogP) is 3.53. The van der Waals surface area contributed by atoms with Crippen LogP contribution in [0.1, 0.15) is 41.1 Å². The molecule has 0 aliphatic heterocycles. The number of amides is 1. The molecule has 0 spiro atoms. The topological polar surface area (TPSA) is 32.3 Å². The summed E-state index contributed by atoms with van der Waals surface area (Å²) in [5, 5.41) is 3.11. The number of hydrogen-bond acceptors (Lipinski definition) is 2. The average molecular weight is 336 g/mol. The molecule has 0 bridgehead atoms. The Kier molecular flexibility index (Phi) is 5.87. The van der Waals surface area contributed by atoms with Crippen LogP contribution in [-0.2, 0) is 24.1 Å². The number of nitrogens with zero attached hydrogens (tertiary/aromatic N) is 1. The van der Waals surface area contributed by atoms with Crippen molar-refractivity contribution < 1.29 is 4.79 Å². The summed E-state index contributed by atoms with van der Waals surface area (Å²) in [4.78, 5) is 14.6. The molecule has 0 saturated heterocycles. The number of benzene rings is 2. The number of rotatable bonds is 6. The maximum atomic E-state index is 12.4. The zero-order valence-electron chi connectivity index (χ0n) is 15.3. The Morgan fingerprint density at radius 2 is 1.76 bits per heavy atom. The summed E-state index contributed by atoms with van der Waals surface area (Å²) in [7, 11) is 4.10. The number of carbonyl (C=O) groups excluding carboxylic acids is 1. The maximum Gasteiger partial charge on any atom is 0.224 e. The van der Waals surface area contributed by atoms with Crippen LogP contribution in [-0.4, -0.2) is 31.4 Å². The second-order valence-electron chi connectivity index (χ2n) is 7.18. The first kappa shape index (κ1) is 17.7. The highest BCUT2D eigenvalue weighted by atomic mass is 16.1. The van der Waals surface area contributed by atoms with Gasteiger partial charge in [-0.25, -0.2) is 0 Å². The van der Waals surface area contributed by atoms with E-state index in [9.17, 15) is 4.79 Å². The second-order valence-corrected chi connectivity index (χ2v) is 7.18. The van der Waals surface area contributed by atoms with Gasteiger partial charge in [-0.05, 0) is 62.0 Å². The number of nitrogens with one attached hydrogen (secondary N) is 1. The Morgan fingerprint density at radius 1 is 1.04 bits per heavy atom. The fraction of sp³-hybridized carbons (Fsp3) is 0.409. The highest BCUT2D eigenvalue weighted by Crippen LogP contribution is 2.22. The van der Waals surface area contributed by atoms with E-state index in [2.05, 4.69) is 40.5 Å². The summed E-state index contributed by atoms with van der Waals surface area (Å²) < 4.78 is 0. The van der Waals surface area contributed by atoms with E-state index in [0.29, 0.717) is 13.0 Å². The Hall–Kier alpha value is -2.13. The Balaban J connectivity index is 1.58. The van der Waals surface area contributed by atoms with E-state index in [1.54, 1.807) is 0 Å². The Labute approximate surface area is 151 Å². The van der Waals surface area contributed by atoms with Crippen molar-refractivity contribution in [2.75, 3.05) is 20.6 Å². The van der Waals surface area contributed by atoms with E-state index in [1.165, 1.54) is 36.0 Å². The van der Waals surface area contributed by atoms with Gasteiger partial charge in [-0.1, -0.05) is 48.5 Å². The van der Waals surface area contributed by atoms with Gasteiger partial charge in [0.1, 0.15) is 0 Å². The van der Waals surface area contributed by atoms with Crippen molar-refractivity contribution in [3.8, 4) is 0 Å². The molecule has 0 heterocycles. The molecular weight excluding hydrogens is 308 g/mol. The third-order valence-corrected chi connectivity index (χ3v) is 5.08. The largest absolute Gasteiger partial charge is 0.354 e. The minimum Gasteiger partial charge on any atom is -0.354 e. The Bertz CT molecular complexity index is 709. The van der Waals surface area contributed by atoms with Gasteiger partial charge >= 0.3 is 0 Å². The number of fused-ring (bicyclic) bond motifs is 1. The summed E-state index contributed by atoms with van der Waals surface area (Å²) in [6.45, 7) is 0.626. The van der Waals surface area contributed by atoms with Crippen molar-refractivity contribution in [1.29, 1.82) is 0 Å². The zero-order chi connectivity index (χ0) is 17.6. The first-order valence-electron chi connectivity index (χ1n) is 9.22. The lowest BCUT2D eigenvalue weighted by Crippen LogP contribution is -2.35. The highest BCUT2D eigenvalue weighted by molar-refractivity contribution is 5.78. The number of carbonyl (C=O) groups is 1. The van der Waals surface area contributed by atoms with Crippen molar-refractivity contribution in [2.24, 2.45) is 0 Å². The maximum absolute atomic E-state index is 12.4. The molecule has 1 unspecified atom stereocenters. The monoisotopic (exact) mass is 336 g/mol. The lowest BCUT2D eigenvalue weighted by Gasteiger charge is -2.25. The zero-order valence-corrected chi connectivity index (χ0v) is 15.3. The molecular formula is C22H28N2O. The number of likely N-dealkylation sites (N-methyl/N-ethyl adjacent to an activating group) is 1. The molecule has 1 aliphatic carbocycles. The van der Waals surface area contributed by atoms with Crippen LogP contribution in [0.2, 0.25) is 0 Å². The third-order valence-electron chi connectivity index (χ3n) is 5.08. The van der Waals surface area contributed by atoms with Crippen LogP contribution in [0, 0.1) is 0 Å². The predicted molar refractivity (Wildman–Crippen MR) is 103 cm³/mol. The quantitative estimate of drug-likeness (QED) is 0.875. The van der Waals surface area contributed by atoms with Crippen LogP contribution in [0.3, 0.4) is 0 Å². The van der Waals surface area contributed by atoms with E-state index >= 15 is 0 Å². The molecule has 25 heavy (non-hydrogen) atoms. The van der Waals surface area contributed by atoms with Gasteiger partial charge in [-0.2, -0.15) is 0 Å². The van der Waals surface area contributed by atoms with E-state index in [0.717, 1.165) is 12.0 Å². The van der Waals surface area contributed by atoms with Crippen LogP contribution < -0.4 is 5.32 Å². The van der Waals surface area contributed by atoms with Gasteiger partial charge < -0.3 is 10.2 Å². The summed E-state index contributed by atoms with van der Waals surface area (Å²) in [6.07, 6.45) is 5.36. The lowest BCUT2D eigenvalue weighted by atomic mass is 9.90. The van der Waals surface area contributed by atoms with Gasteiger partial charge in [0.2, 0.25) is 5.91 Å². The summed E-state index contributed by atoms with van der Waals surface area (Å²) in [5.74, 6) is 0.0959. The molecule has 2 aromatic rings. The van der Waals surface area contributed by atoms with Gasteiger partial charge in [0.15, 0.2) is 0 Å². The normalized spacial score (nSPS) is 14.8. The van der Waals surface area contributed by atoms with Crippen LogP contribution in [0.5, 0.6) is 0 Å². The van der Waals surface area contributed by atoms with Gasteiger partial charge in [0.05, 0.1) is 12.5 Å². The number of aryl methyl sites for hydroxylation is 2. The minimum absolute atomic E-state index is 0.0959. The van der Waals surface area contributed by atoms with E-state index in [4.69, 9.17) is 0 Å². The second kappa shape index (κ2) is 8.30. The van der Waals surface area contributed by atoms with Crippen LogP contribution in [0.15, 0.2) is 48.5 Å². The van der Waals surface area contributed by atoms with Crippen molar-refractivity contribution >= 4 is 5.91 Å². The molecule has 0 fully saturated rings. The third kappa shape index (κ3) is 4.70. The van der Waals surface area contributed by atoms with Crippen molar-refractivity contribution in [3.63, 3.8) is 0 Å². The summed E-state index contributed by atoms with van der Waals surface area (Å²) >= 11 is 0. The first-order chi connectivity index (χ1) is 12.1. The standard InChI is InChI=1S/C22H28N2O/c1-24(2)21(19-9-4-3-5-10-19)16-23-22(25)15-17-12-13-18-8-6-7-11-20(18)14-17/h3-5,9-10,12-14,21H,6-8,11,15-16H2,1-2H3,(H,23,25). The van der Waals surface area contributed by atoms with Gasteiger partial charge in [-0.15, -0.1) is 0 Å². The molecule has 2 aromatic carbocycles. The molecule has 1 amide bonds. The van der Waals surface area contributed by atoms with Crippen LogP contribution in [0.4, 0.5) is 0 Å². The first-order valence-corrected chi connectivity index (χ1v) is 9.22. The molecule has 3 heteroatoms. The molecule has 132 valence electrons. The lowest BCUT2D eigenvalue weighted by molar-refractivity contribution is -0.120. The minimum atomic E-state index is 0.0959.